The predicted molar refractivity (Wildman–Crippen MR) is 129 cm³/mol. The minimum absolute atomic E-state index is 0.160. The molecule has 4 rings (SSSR count). The Bertz CT molecular complexity index is 1170. The smallest absolute Gasteiger partial charge is 0.234 e. The van der Waals surface area contributed by atoms with Crippen molar-refractivity contribution in [3.8, 4) is 0 Å². The van der Waals surface area contributed by atoms with E-state index in [-0.39, 0.29) is 24.3 Å². The van der Waals surface area contributed by atoms with Crippen molar-refractivity contribution >= 4 is 45.0 Å². The largest absolute Gasteiger partial charge is 0.348 e. The van der Waals surface area contributed by atoms with Gasteiger partial charge in [-0.15, -0.1) is 0 Å². The molecule has 1 saturated carbocycles. The van der Waals surface area contributed by atoms with E-state index in [1.165, 1.54) is 0 Å². The van der Waals surface area contributed by atoms with Gasteiger partial charge in [0.25, 0.3) is 0 Å². The summed E-state index contributed by atoms with van der Waals surface area (Å²) in [6, 6.07) is 14.5. The third-order valence-corrected chi connectivity index (χ3v) is 7.55. The molecule has 176 valence electrons. The molecule has 3 atom stereocenters. The van der Waals surface area contributed by atoms with E-state index in [1.54, 1.807) is 18.2 Å². The standard InChI is InChI=1S/C24H26Cl2N2O4S/c1-33(31,32)28-21(29)14-24(12-15-5-6-15)13-20(17-3-2-4-19(26)11-17)22(27-23(24)30)16-7-9-18(25)10-8-16/h2-4,7-11,15,20,22H,5-6,12-14H2,1H3,(H,27,30)(H,28,29)/t20-,22-,24+/m1/s1. The first-order valence-electron chi connectivity index (χ1n) is 10.9. The Balaban J connectivity index is 1.73. The first-order valence-corrected chi connectivity index (χ1v) is 13.5. The lowest BCUT2D eigenvalue weighted by molar-refractivity contribution is -0.141. The molecule has 1 aliphatic carbocycles. The predicted octanol–water partition coefficient (Wildman–Crippen LogP) is 4.59. The molecule has 0 spiro atoms. The number of rotatable bonds is 7. The van der Waals surface area contributed by atoms with E-state index in [1.807, 2.05) is 35.1 Å². The summed E-state index contributed by atoms with van der Waals surface area (Å²) >= 11 is 12.4. The Labute approximate surface area is 204 Å². The maximum atomic E-state index is 13.6. The average Bonchev–Trinajstić information content (AvgIpc) is 3.53. The highest BCUT2D eigenvalue weighted by atomic mass is 35.5. The van der Waals surface area contributed by atoms with Gasteiger partial charge in [-0.05, 0) is 54.2 Å². The van der Waals surface area contributed by atoms with Gasteiger partial charge in [-0.3, -0.25) is 14.3 Å². The van der Waals surface area contributed by atoms with Crippen LogP contribution in [0.25, 0.3) is 0 Å². The monoisotopic (exact) mass is 508 g/mol. The molecule has 2 aromatic carbocycles. The Hall–Kier alpha value is -2.09. The number of carbonyl (C=O) groups excluding carboxylic acids is 2. The number of hydrogen-bond donors (Lipinski definition) is 2. The second-order valence-electron chi connectivity index (χ2n) is 9.27. The van der Waals surface area contributed by atoms with Crippen LogP contribution in [0.4, 0.5) is 0 Å². The van der Waals surface area contributed by atoms with Crippen molar-refractivity contribution in [2.24, 2.45) is 11.3 Å². The van der Waals surface area contributed by atoms with Gasteiger partial charge in [0.2, 0.25) is 21.8 Å². The van der Waals surface area contributed by atoms with Gasteiger partial charge in [0.15, 0.2) is 0 Å². The molecule has 2 amide bonds. The summed E-state index contributed by atoms with van der Waals surface area (Å²) in [6.45, 7) is 0. The molecule has 2 N–H and O–H groups in total. The van der Waals surface area contributed by atoms with E-state index in [0.29, 0.717) is 28.8 Å². The van der Waals surface area contributed by atoms with Gasteiger partial charge in [0.1, 0.15) is 0 Å². The summed E-state index contributed by atoms with van der Waals surface area (Å²) < 4.78 is 25.3. The van der Waals surface area contributed by atoms with E-state index in [2.05, 4.69) is 5.32 Å². The maximum Gasteiger partial charge on any atom is 0.234 e. The van der Waals surface area contributed by atoms with Gasteiger partial charge in [-0.25, -0.2) is 8.42 Å². The minimum Gasteiger partial charge on any atom is -0.348 e. The highest BCUT2D eigenvalue weighted by Gasteiger charge is 2.51. The van der Waals surface area contributed by atoms with Gasteiger partial charge in [-0.1, -0.05) is 60.3 Å². The van der Waals surface area contributed by atoms with Gasteiger partial charge in [0.05, 0.1) is 17.7 Å². The van der Waals surface area contributed by atoms with Crippen LogP contribution in [-0.4, -0.2) is 26.5 Å². The van der Waals surface area contributed by atoms with Crippen LogP contribution in [0.3, 0.4) is 0 Å². The zero-order valence-electron chi connectivity index (χ0n) is 18.2. The molecule has 33 heavy (non-hydrogen) atoms. The van der Waals surface area contributed by atoms with Gasteiger partial charge >= 0.3 is 0 Å². The van der Waals surface area contributed by atoms with Crippen molar-refractivity contribution in [3.63, 3.8) is 0 Å². The highest BCUT2D eigenvalue weighted by molar-refractivity contribution is 7.89. The Morgan fingerprint density at radius 2 is 1.79 bits per heavy atom. The number of nitrogens with one attached hydrogen (secondary N) is 2. The van der Waals surface area contributed by atoms with Crippen LogP contribution in [0.5, 0.6) is 0 Å². The Morgan fingerprint density at radius 1 is 1.09 bits per heavy atom. The van der Waals surface area contributed by atoms with E-state index in [9.17, 15) is 18.0 Å². The minimum atomic E-state index is -3.72. The second-order valence-corrected chi connectivity index (χ2v) is 11.9. The number of piperidine rings is 1. The van der Waals surface area contributed by atoms with Gasteiger partial charge < -0.3 is 5.32 Å². The normalized spacial score (nSPS) is 25.4. The van der Waals surface area contributed by atoms with Crippen LogP contribution in [0.2, 0.25) is 10.0 Å². The fourth-order valence-electron chi connectivity index (χ4n) is 4.89. The van der Waals surface area contributed by atoms with E-state index in [4.69, 9.17) is 23.2 Å². The molecule has 0 aromatic heterocycles. The van der Waals surface area contributed by atoms with Crippen LogP contribution in [-0.2, 0) is 19.6 Å². The zero-order valence-corrected chi connectivity index (χ0v) is 20.5. The first kappa shape index (κ1) is 24.0. The van der Waals surface area contributed by atoms with Crippen LogP contribution >= 0.6 is 23.2 Å². The fourth-order valence-corrected chi connectivity index (χ4v) is 5.70. The van der Waals surface area contributed by atoms with E-state index in [0.717, 1.165) is 30.2 Å². The van der Waals surface area contributed by atoms with Crippen molar-refractivity contribution in [1.29, 1.82) is 0 Å². The summed E-state index contributed by atoms with van der Waals surface area (Å²) in [7, 11) is -3.72. The molecular weight excluding hydrogens is 483 g/mol. The lowest BCUT2D eigenvalue weighted by atomic mass is 9.65. The highest BCUT2D eigenvalue weighted by Crippen LogP contribution is 2.52. The number of benzene rings is 2. The molecule has 9 heteroatoms. The second kappa shape index (κ2) is 9.28. The van der Waals surface area contributed by atoms with Crippen molar-refractivity contribution in [3.05, 3.63) is 69.7 Å². The van der Waals surface area contributed by atoms with Crippen LogP contribution < -0.4 is 10.0 Å². The number of carbonyl (C=O) groups is 2. The first-order chi connectivity index (χ1) is 15.5. The lowest BCUT2D eigenvalue weighted by Gasteiger charge is -2.44. The summed E-state index contributed by atoms with van der Waals surface area (Å²) in [5.41, 5.74) is 0.843. The van der Waals surface area contributed by atoms with Gasteiger partial charge in [0, 0.05) is 22.4 Å². The Morgan fingerprint density at radius 3 is 2.39 bits per heavy atom. The molecule has 2 fully saturated rings. The Kier molecular flexibility index (Phi) is 6.76. The molecule has 1 heterocycles. The summed E-state index contributed by atoms with van der Waals surface area (Å²) in [5.74, 6) is -0.694. The molecular formula is C24H26Cl2N2O4S. The molecule has 2 aliphatic rings. The van der Waals surface area contributed by atoms with Gasteiger partial charge in [-0.2, -0.15) is 0 Å². The van der Waals surface area contributed by atoms with Crippen LogP contribution in [0.1, 0.15) is 55.2 Å². The quantitative estimate of drug-likeness (QED) is 0.571. The van der Waals surface area contributed by atoms with Crippen molar-refractivity contribution < 1.29 is 18.0 Å². The van der Waals surface area contributed by atoms with Crippen molar-refractivity contribution in [2.45, 2.75) is 44.1 Å². The fraction of sp³-hybridized carbons (Fsp3) is 0.417. The number of sulfonamides is 1. The van der Waals surface area contributed by atoms with Crippen molar-refractivity contribution in [2.75, 3.05) is 6.26 Å². The molecule has 1 aliphatic heterocycles. The number of halogens is 2. The maximum absolute atomic E-state index is 13.6. The molecule has 6 nitrogen and oxygen atoms in total. The summed E-state index contributed by atoms with van der Waals surface area (Å²) in [4.78, 5) is 26.2. The van der Waals surface area contributed by atoms with Crippen molar-refractivity contribution in [1.82, 2.24) is 10.0 Å². The lowest BCUT2D eigenvalue weighted by Crippen LogP contribution is -2.52. The molecule has 0 radical (unpaired) electrons. The van der Waals surface area contributed by atoms with E-state index < -0.39 is 21.3 Å². The topological polar surface area (TPSA) is 92.3 Å². The third-order valence-electron chi connectivity index (χ3n) is 6.46. The third kappa shape index (κ3) is 5.89. The summed E-state index contributed by atoms with van der Waals surface area (Å²) in [6.07, 6.45) is 3.70. The number of hydrogen-bond acceptors (Lipinski definition) is 4. The zero-order chi connectivity index (χ0) is 23.8. The molecule has 0 bridgehead atoms. The molecule has 0 unspecified atom stereocenters. The van der Waals surface area contributed by atoms with E-state index >= 15 is 0 Å². The van der Waals surface area contributed by atoms with Crippen LogP contribution in [0, 0.1) is 11.3 Å². The van der Waals surface area contributed by atoms with Crippen LogP contribution in [0.15, 0.2) is 48.5 Å². The average molecular weight is 509 g/mol. The molecule has 1 saturated heterocycles. The summed E-state index contributed by atoms with van der Waals surface area (Å²) in [5, 5.41) is 4.34. The number of amides is 2. The SMILES string of the molecule is CS(=O)(=O)NC(=O)C[C@]1(CC2CC2)C[C@H](c2cccc(Cl)c2)[C@@H](c2ccc(Cl)cc2)NC1=O. The molecule has 2 aromatic rings.